The molecule has 0 aromatic carbocycles. The Morgan fingerprint density at radius 3 is 2.83 bits per heavy atom. The number of carbonyl (C=O) groups excluding carboxylic acids is 2. The fourth-order valence-electron chi connectivity index (χ4n) is 2.90. The highest BCUT2D eigenvalue weighted by atomic mass is 32.1. The largest absolute Gasteiger partial charge is 0.455 e. The summed E-state index contributed by atoms with van der Waals surface area (Å²) >= 11 is 1.51. The first-order valence-electron chi connectivity index (χ1n) is 8.07. The number of thiazole rings is 1. The average Bonchev–Trinajstić information content (AvgIpc) is 2.99. The molecule has 2 aromatic heterocycles. The maximum absolute atomic E-state index is 11.9. The minimum Gasteiger partial charge on any atom is -0.455 e. The first-order chi connectivity index (χ1) is 11.2. The average molecular weight is 335 g/mol. The van der Waals surface area contributed by atoms with Crippen LogP contribution in [0.1, 0.15) is 44.2 Å². The van der Waals surface area contributed by atoms with Crippen LogP contribution in [0.25, 0.3) is 4.96 Å². The molecule has 1 amide bonds. The Morgan fingerprint density at radius 1 is 1.30 bits per heavy atom. The predicted molar refractivity (Wildman–Crippen MR) is 87.4 cm³/mol. The first kappa shape index (κ1) is 16.0. The number of amides is 1. The molecule has 7 heteroatoms. The van der Waals surface area contributed by atoms with Crippen LogP contribution >= 0.6 is 11.3 Å². The van der Waals surface area contributed by atoms with E-state index in [1.807, 2.05) is 16.0 Å². The highest BCUT2D eigenvalue weighted by Gasteiger charge is 2.16. The monoisotopic (exact) mass is 335 g/mol. The van der Waals surface area contributed by atoms with Gasteiger partial charge in [-0.25, -0.2) is 4.98 Å². The molecule has 0 bridgehead atoms. The van der Waals surface area contributed by atoms with Gasteiger partial charge in [-0.3, -0.25) is 14.0 Å². The number of hydrogen-bond acceptors (Lipinski definition) is 5. The van der Waals surface area contributed by atoms with Gasteiger partial charge in [0.05, 0.1) is 12.1 Å². The van der Waals surface area contributed by atoms with Crippen molar-refractivity contribution in [2.45, 2.75) is 51.0 Å². The summed E-state index contributed by atoms with van der Waals surface area (Å²) in [6, 6.07) is 0.226. The van der Waals surface area contributed by atoms with Gasteiger partial charge < -0.3 is 10.1 Å². The van der Waals surface area contributed by atoms with Gasteiger partial charge in [-0.2, -0.15) is 0 Å². The van der Waals surface area contributed by atoms with Crippen LogP contribution in [0.4, 0.5) is 0 Å². The van der Waals surface area contributed by atoms with Crippen molar-refractivity contribution in [1.82, 2.24) is 14.7 Å². The molecule has 1 N–H and O–H groups in total. The molecule has 0 unspecified atom stereocenters. The number of fused-ring (bicyclic) bond motifs is 1. The molecule has 3 rings (SSSR count). The molecular weight excluding hydrogens is 314 g/mol. The quantitative estimate of drug-likeness (QED) is 0.672. The van der Waals surface area contributed by atoms with Gasteiger partial charge in [-0.1, -0.05) is 25.7 Å². The van der Waals surface area contributed by atoms with E-state index in [1.54, 1.807) is 6.20 Å². The van der Waals surface area contributed by atoms with Gasteiger partial charge >= 0.3 is 5.97 Å². The molecule has 1 aliphatic carbocycles. The van der Waals surface area contributed by atoms with E-state index in [4.69, 9.17) is 4.74 Å². The van der Waals surface area contributed by atoms with Crippen molar-refractivity contribution in [3.8, 4) is 0 Å². The zero-order valence-corrected chi connectivity index (χ0v) is 13.8. The van der Waals surface area contributed by atoms with Crippen molar-refractivity contribution < 1.29 is 14.3 Å². The molecule has 0 saturated heterocycles. The zero-order chi connectivity index (χ0) is 16.1. The maximum atomic E-state index is 11.9. The summed E-state index contributed by atoms with van der Waals surface area (Å²) < 4.78 is 6.92. The highest BCUT2D eigenvalue weighted by Crippen LogP contribution is 2.17. The Bertz CT molecular complexity index is 642. The van der Waals surface area contributed by atoms with Gasteiger partial charge in [0.2, 0.25) is 0 Å². The molecule has 2 heterocycles. The Morgan fingerprint density at radius 2 is 2.09 bits per heavy atom. The van der Waals surface area contributed by atoms with E-state index in [0.717, 1.165) is 30.6 Å². The summed E-state index contributed by atoms with van der Waals surface area (Å²) in [4.78, 5) is 28.9. The van der Waals surface area contributed by atoms with Crippen LogP contribution in [0, 0.1) is 0 Å². The number of hydrogen-bond donors (Lipinski definition) is 1. The third-order valence-corrected chi connectivity index (χ3v) is 4.82. The Kier molecular flexibility index (Phi) is 5.27. The summed E-state index contributed by atoms with van der Waals surface area (Å²) in [6.07, 6.45) is 10.6. The molecule has 23 heavy (non-hydrogen) atoms. The van der Waals surface area contributed by atoms with Crippen LogP contribution in [0.3, 0.4) is 0 Å². The molecule has 0 atom stereocenters. The SMILES string of the molecule is O=C(COC(=O)Cc1cn2ccsc2n1)NC1CCCCCC1. The van der Waals surface area contributed by atoms with Crippen molar-refractivity contribution in [3.63, 3.8) is 0 Å². The molecule has 0 aliphatic heterocycles. The minimum atomic E-state index is -0.424. The topological polar surface area (TPSA) is 72.7 Å². The van der Waals surface area contributed by atoms with Crippen molar-refractivity contribution in [2.75, 3.05) is 6.61 Å². The molecule has 1 fully saturated rings. The maximum Gasteiger partial charge on any atom is 0.312 e. The lowest BCUT2D eigenvalue weighted by molar-refractivity contribution is -0.148. The van der Waals surface area contributed by atoms with Crippen LogP contribution in [-0.4, -0.2) is 33.9 Å². The second kappa shape index (κ2) is 7.59. The number of esters is 1. The van der Waals surface area contributed by atoms with E-state index in [0.29, 0.717) is 5.69 Å². The van der Waals surface area contributed by atoms with Crippen molar-refractivity contribution in [3.05, 3.63) is 23.5 Å². The Labute approximate surface area is 138 Å². The fraction of sp³-hybridized carbons (Fsp3) is 0.562. The van der Waals surface area contributed by atoms with E-state index in [2.05, 4.69) is 10.3 Å². The van der Waals surface area contributed by atoms with Gasteiger partial charge in [-0.05, 0) is 12.8 Å². The molecule has 2 aromatic rings. The zero-order valence-electron chi connectivity index (χ0n) is 13.0. The van der Waals surface area contributed by atoms with Gasteiger partial charge in [0.15, 0.2) is 11.6 Å². The lowest BCUT2D eigenvalue weighted by atomic mass is 10.1. The number of imidazole rings is 1. The number of carbonyl (C=O) groups is 2. The van der Waals surface area contributed by atoms with Crippen molar-refractivity contribution in [2.24, 2.45) is 0 Å². The molecule has 6 nitrogen and oxygen atoms in total. The molecular formula is C16H21N3O3S. The van der Waals surface area contributed by atoms with Gasteiger partial charge in [0, 0.05) is 23.8 Å². The van der Waals surface area contributed by atoms with Crippen molar-refractivity contribution in [1.29, 1.82) is 0 Å². The van der Waals surface area contributed by atoms with Crippen LogP contribution in [-0.2, 0) is 20.7 Å². The summed E-state index contributed by atoms with van der Waals surface area (Å²) in [7, 11) is 0. The van der Waals surface area contributed by atoms with Gasteiger partial charge in [-0.15, -0.1) is 11.3 Å². The van der Waals surface area contributed by atoms with Gasteiger partial charge in [0.1, 0.15) is 0 Å². The summed E-state index contributed by atoms with van der Waals surface area (Å²) in [6.45, 7) is -0.211. The van der Waals surface area contributed by atoms with E-state index >= 15 is 0 Å². The summed E-state index contributed by atoms with van der Waals surface area (Å²) in [5.41, 5.74) is 0.658. The van der Waals surface area contributed by atoms with Crippen LogP contribution in [0.5, 0.6) is 0 Å². The number of nitrogens with zero attached hydrogens (tertiary/aromatic N) is 2. The molecule has 1 aliphatic rings. The van der Waals surface area contributed by atoms with Crippen LogP contribution in [0.15, 0.2) is 17.8 Å². The Balaban J connectivity index is 1.41. The molecule has 1 saturated carbocycles. The minimum absolute atomic E-state index is 0.0884. The van der Waals surface area contributed by atoms with E-state index in [1.165, 1.54) is 24.2 Å². The number of aromatic nitrogens is 2. The van der Waals surface area contributed by atoms with E-state index in [-0.39, 0.29) is 25.0 Å². The Hall–Kier alpha value is -1.89. The number of rotatable bonds is 5. The van der Waals surface area contributed by atoms with Crippen LogP contribution < -0.4 is 5.32 Å². The lowest BCUT2D eigenvalue weighted by Gasteiger charge is -2.16. The predicted octanol–water partition coefficient (Wildman–Crippen LogP) is 2.32. The lowest BCUT2D eigenvalue weighted by Crippen LogP contribution is -2.37. The molecule has 0 spiro atoms. The first-order valence-corrected chi connectivity index (χ1v) is 8.95. The summed E-state index contributed by atoms with van der Waals surface area (Å²) in [5, 5.41) is 4.89. The highest BCUT2D eigenvalue weighted by molar-refractivity contribution is 7.15. The number of nitrogens with one attached hydrogen (secondary N) is 1. The van der Waals surface area contributed by atoms with E-state index < -0.39 is 5.97 Å². The standard InChI is InChI=1S/C16H21N3O3S/c20-14(17-12-5-3-1-2-4-6-12)11-22-15(21)9-13-10-19-7-8-23-16(19)18-13/h7-8,10,12H,1-6,9,11H2,(H,17,20). The third kappa shape index (κ3) is 4.54. The second-order valence-electron chi connectivity index (χ2n) is 5.92. The van der Waals surface area contributed by atoms with Crippen LogP contribution in [0.2, 0.25) is 0 Å². The third-order valence-electron chi connectivity index (χ3n) is 4.05. The second-order valence-corrected chi connectivity index (χ2v) is 6.79. The van der Waals surface area contributed by atoms with E-state index in [9.17, 15) is 9.59 Å². The smallest absolute Gasteiger partial charge is 0.312 e. The molecule has 124 valence electrons. The summed E-state index contributed by atoms with van der Waals surface area (Å²) in [5.74, 6) is -0.636. The number of ether oxygens (including phenoxy) is 1. The normalized spacial score (nSPS) is 16.2. The fourth-order valence-corrected chi connectivity index (χ4v) is 3.62. The van der Waals surface area contributed by atoms with Gasteiger partial charge in [0.25, 0.3) is 5.91 Å². The van der Waals surface area contributed by atoms with Crippen molar-refractivity contribution >= 4 is 28.2 Å². The molecule has 0 radical (unpaired) electrons.